The highest BCUT2D eigenvalue weighted by atomic mass is 19.4. The molecule has 0 bridgehead atoms. The molecule has 0 spiro atoms. The molecule has 1 aliphatic heterocycles. The van der Waals surface area contributed by atoms with Crippen molar-refractivity contribution in [3.05, 3.63) is 29.8 Å². The lowest BCUT2D eigenvalue weighted by molar-refractivity contribution is -0.204. The summed E-state index contributed by atoms with van der Waals surface area (Å²) in [4.78, 5) is 11.7. The largest absolute Gasteiger partial charge is 0.493 e. The molecule has 0 aliphatic carbocycles. The highest BCUT2D eigenvalue weighted by Crippen LogP contribution is 2.45. The van der Waals surface area contributed by atoms with E-state index in [4.69, 9.17) is 4.74 Å². The molecule has 1 atom stereocenters. The maximum absolute atomic E-state index is 13.9. The number of benzene rings is 1. The SMILES string of the molecule is CC(C)COc1ccccc1C(N1NC(=O)CC1(C)C)C(F)(F)F. The molecular formula is C17H23F3N2O2. The Labute approximate surface area is 139 Å². The van der Waals surface area contributed by atoms with E-state index in [2.05, 4.69) is 5.43 Å². The molecule has 0 saturated carbocycles. The minimum absolute atomic E-state index is 0.000856. The summed E-state index contributed by atoms with van der Waals surface area (Å²) in [6.07, 6.45) is -4.55. The number of ether oxygens (including phenoxy) is 1. The number of rotatable bonds is 5. The Balaban J connectivity index is 2.45. The van der Waals surface area contributed by atoms with Crippen LogP contribution in [0.4, 0.5) is 13.2 Å². The number of amides is 1. The van der Waals surface area contributed by atoms with Gasteiger partial charge in [-0.1, -0.05) is 32.0 Å². The number of nitrogens with one attached hydrogen (secondary N) is 1. The van der Waals surface area contributed by atoms with E-state index in [9.17, 15) is 18.0 Å². The first-order chi connectivity index (χ1) is 11.0. The van der Waals surface area contributed by atoms with E-state index < -0.39 is 23.7 Å². The van der Waals surface area contributed by atoms with E-state index >= 15 is 0 Å². The van der Waals surface area contributed by atoms with Crippen LogP contribution < -0.4 is 10.2 Å². The Hall–Kier alpha value is -1.76. The zero-order valence-electron chi connectivity index (χ0n) is 14.3. The Kier molecular flexibility index (Phi) is 5.13. The van der Waals surface area contributed by atoms with Crippen molar-refractivity contribution in [2.24, 2.45) is 5.92 Å². The van der Waals surface area contributed by atoms with Gasteiger partial charge >= 0.3 is 6.18 Å². The van der Waals surface area contributed by atoms with Gasteiger partial charge in [0, 0.05) is 17.5 Å². The average Bonchev–Trinajstić information content (AvgIpc) is 2.69. The number of nitrogens with zero attached hydrogens (tertiary/aromatic N) is 1. The molecule has 4 nitrogen and oxygen atoms in total. The van der Waals surface area contributed by atoms with Crippen molar-refractivity contribution < 1.29 is 22.7 Å². The van der Waals surface area contributed by atoms with Gasteiger partial charge in [-0.2, -0.15) is 18.2 Å². The molecule has 0 radical (unpaired) electrons. The third-order valence-electron chi connectivity index (χ3n) is 3.84. The van der Waals surface area contributed by atoms with Crippen molar-refractivity contribution in [2.45, 2.75) is 51.9 Å². The van der Waals surface area contributed by atoms with E-state index in [1.807, 2.05) is 13.8 Å². The lowest BCUT2D eigenvalue weighted by Crippen LogP contribution is -2.51. The Morgan fingerprint density at radius 1 is 1.29 bits per heavy atom. The molecule has 1 aromatic rings. The van der Waals surface area contributed by atoms with Crippen LogP contribution >= 0.6 is 0 Å². The number of hydrogen-bond donors (Lipinski definition) is 1. The van der Waals surface area contributed by atoms with Crippen molar-refractivity contribution >= 4 is 5.91 Å². The van der Waals surface area contributed by atoms with Crippen LogP contribution in [-0.2, 0) is 4.79 Å². The maximum atomic E-state index is 13.9. The minimum atomic E-state index is -4.56. The highest BCUT2D eigenvalue weighted by Gasteiger charge is 2.53. The number of hydrogen-bond acceptors (Lipinski definition) is 3. The molecule has 1 aliphatic rings. The van der Waals surface area contributed by atoms with Crippen LogP contribution in [0.15, 0.2) is 24.3 Å². The third kappa shape index (κ3) is 4.01. The number of hydrazine groups is 1. The summed E-state index contributed by atoms with van der Waals surface area (Å²) in [5, 5.41) is 0.993. The van der Waals surface area contributed by atoms with Crippen LogP contribution in [0.2, 0.25) is 0 Å². The van der Waals surface area contributed by atoms with Gasteiger partial charge in [-0.25, -0.2) is 0 Å². The molecule has 1 unspecified atom stereocenters. The molecule has 2 rings (SSSR count). The van der Waals surface area contributed by atoms with Gasteiger partial charge in [0.2, 0.25) is 5.91 Å². The van der Waals surface area contributed by atoms with Crippen LogP contribution in [0, 0.1) is 5.92 Å². The van der Waals surface area contributed by atoms with Crippen LogP contribution in [0.25, 0.3) is 0 Å². The average molecular weight is 344 g/mol. The predicted molar refractivity (Wildman–Crippen MR) is 84.2 cm³/mol. The van der Waals surface area contributed by atoms with Crippen molar-refractivity contribution in [2.75, 3.05) is 6.61 Å². The fourth-order valence-corrected chi connectivity index (χ4v) is 2.77. The van der Waals surface area contributed by atoms with Crippen LogP contribution in [-0.4, -0.2) is 29.2 Å². The lowest BCUT2D eigenvalue weighted by atomic mass is 9.96. The molecule has 1 amide bonds. The summed E-state index contributed by atoms with van der Waals surface area (Å²) in [6.45, 7) is 7.39. The van der Waals surface area contributed by atoms with Gasteiger partial charge in [0.15, 0.2) is 6.04 Å². The highest BCUT2D eigenvalue weighted by molar-refractivity contribution is 5.79. The quantitative estimate of drug-likeness (QED) is 0.882. The number of alkyl halides is 3. The van der Waals surface area contributed by atoms with E-state index in [0.29, 0.717) is 6.61 Å². The first-order valence-corrected chi connectivity index (χ1v) is 7.89. The minimum Gasteiger partial charge on any atom is -0.493 e. The summed E-state index contributed by atoms with van der Waals surface area (Å²) in [6, 6.07) is 4.14. The molecule has 134 valence electrons. The second-order valence-electron chi connectivity index (χ2n) is 7.08. The summed E-state index contributed by atoms with van der Waals surface area (Å²) in [5.74, 6) is -0.0503. The summed E-state index contributed by atoms with van der Waals surface area (Å²) in [5.41, 5.74) is 1.41. The predicted octanol–water partition coefficient (Wildman–Crippen LogP) is 3.84. The topological polar surface area (TPSA) is 41.6 Å². The summed E-state index contributed by atoms with van der Waals surface area (Å²) in [7, 11) is 0. The number of halogens is 3. The fourth-order valence-electron chi connectivity index (χ4n) is 2.77. The molecule has 1 N–H and O–H groups in total. The van der Waals surface area contributed by atoms with Crippen LogP contribution in [0.5, 0.6) is 5.75 Å². The van der Waals surface area contributed by atoms with Crippen molar-refractivity contribution in [1.29, 1.82) is 0 Å². The summed E-state index contributed by atoms with van der Waals surface area (Å²) >= 11 is 0. The van der Waals surface area contributed by atoms with Crippen molar-refractivity contribution in [3.63, 3.8) is 0 Å². The number of para-hydroxylation sites is 1. The Morgan fingerprint density at radius 3 is 2.42 bits per heavy atom. The van der Waals surface area contributed by atoms with E-state index in [0.717, 1.165) is 5.01 Å². The Bertz CT molecular complexity index is 600. The van der Waals surface area contributed by atoms with Crippen LogP contribution in [0.1, 0.15) is 45.7 Å². The zero-order valence-corrected chi connectivity index (χ0v) is 14.3. The first-order valence-electron chi connectivity index (χ1n) is 7.89. The van der Waals surface area contributed by atoms with Crippen molar-refractivity contribution in [3.8, 4) is 5.75 Å². The molecule has 1 fully saturated rings. The second-order valence-corrected chi connectivity index (χ2v) is 7.08. The molecule has 0 aromatic heterocycles. The number of carbonyl (C=O) groups is 1. The molecule has 24 heavy (non-hydrogen) atoms. The van der Waals surface area contributed by atoms with E-state index in [-0.39, 0.29) is 23.7 Å². The third-order valence-corrected chi connectivity index (χ3v) is 3.84. The molecule has 1 heterocycles. The smallest absolute Gasteiger partial charge is 0.410 e. The first kappa shape index (κ1) is 18.6. The van der Waals surface area contributed by atoms with Gasteiger partial charge in [0.1, 0.15) is 5.75 Å². The van der Waals surface area contributed by atoms with Gasteiger partial charge in [-0.15, -0.1) is 0 Å². The molecule has 1 aromatic carbocycles. The fraction of sp³-hybridized carbons (Fsp3) is 0.588. The Morgan fingerprint density at radius 2 is 1.92 bits per heavy atom. The van der Waals surface area contributed by atoms with E-state index in [1.54, 1.807) is 26.0 Å². The zero-order chi connectivity index (χ0) is 18.1. The molecule has 1 saturated heterocycles. The van der Waals surface area contributed by atoms with Gasteiger partial charge < -0.3 is 4.74 Å². The second kappa shape index (κ2) is 6.63. The molecular weight excluding hydrogens is 321 g/mol. The van der Waals surface area contributed by atoms with Gasteiger partial charge in [-0.05, 0) is 25.8 Å². The van der Waals surface area contributed by atoms with Gasteiger partial charge in [0.05, 0.1) is 6.61 Å². The standard InChI is InChI=1S/C17H23F3N2O2/c1-11(2)10-24-13-8-6-5-7-12(13)15(17(18,19)20)22-16(3,4)9-14(23)21-22/h5-8,11,15H,9-10H2,1-4H3,(H,21,23). The lowest BCUT2D eigenvalue weighted by Gasteiger charge is -2.38. The molecule has 7 heteroatoms. The summed E-state index contributed by atoms with van der Waals surface area (Å²) < 4.78 is 47.2. The van der Waals surface area contributed by atoms with Crippen LogP contribution in [0.3, 0.4) is 0 Å². The van der Waals surface area contributed by atoms with Crippen molar-refractivity contribution in [1.82, 2.24) is 10.4 Å². The van der Waals surface area contributed by atoms with Gasteiger partial charge in [-0.3, -0.25) is 10.2 Å². The van der Waals surface area contributed by atoms with E-state index in [1.165, 1.54) is 12.1 Å². The number of carbonyl (C=O) groups excluding carboxylic acids is 1. The monoisotopic (exact) mass is 344 g/mol. The normalized spacial score (nSPS) is 19.4. The van der Waals surface area contributed by atoms with Gasteiger partial charge in [0.25, 0.3) is 0 Å². The maximum Gasteiger partial charge on any atom is 0.410 e.